The van der Waals surface area contributed by atoms with E-state index in [1.54, 1.807) is 7.11 Å². The van der Waals surface area contributed by atoms with Gasteiger partial charge in [-0.3, -0.25) is 9.88 Å². The highest BCUT2D eigenvalue weighted by molar-refractivity contribution is 6.74. The van der Waals surface area contributed by atoms with Gasteiger partial charge in [-0.25, -0.2) is 9.59 Å². The molecule has 0 unspecified atom stereocenters. The summed E-state index contributed by atoms with van der Waals surface area (Å²) >= 11 is 0. The molecule has 3 atom stereocenters. The minimum atomic E-state index is -2.03. The van der Waals surface area contributed by atoms with Crippen molar-refractivity contribution in [2.45, 2.75) is 130 Å². The zero-order chi connectivity index (χ0) is 47.4. The van der Waals surface area contributed by atoms with Gasteiger partial charge in [0, 0.05) is 94.1 Å². The SMILES string of the molecule is CCn1c(-c2cc(N3CCN(C4CC4)CC3)cnc2[C@H](C)OC)c(CC(C)(C)CO[Si](C)(C)C(C)(C)C)c2cc(N3CCO[C@@H](C[C@H](NC(=O)OCc4ccccc4)C(=O)OC)C3)ccc21. The lowest BCUT2D eigenvalue weighted by Crippen LogP contribution is -2.49. The Morgan fingerprint density at radius 1 is 0.939 bits per heavy atom. The van der Waals surface area contributed by atoms with E-state index in [1.807, 2.05) is 30.3 Å². The Bertz CT molecular complexity index is 2280. The van der Waals surface area contributed by atoms with Gasteiger partial charge in [-0.1, -0.05) is 65.0 Å². The molecule has 1 saturated carbocycles. The molecule has 3 aliphatic rings. The first kappa shape index (κ1) is 49.4. The fourth-order valence-electron chi connectivity index (χ4n) is 9.22. The van der Waals surface area contributed by atoms with Crippen LogP contribution in [0.4, 0.5) is 16.2 Å². The Hall–Kier alpha value is -4.47. The van der Waals surface area contributed by atoms with E-state index in [0.717, 1.165) is 73.4 Å². The molecule has 0 spiro atoms. The van der Waals surface area contributed by atoms with Crippen molar-refractivity contribution in [3.63, 3.8) is 0 Å². The Balaban J connectivity index is 1.23. The zero-order valence-electron chi connectivity index (χ0n) is 41.6. The molecule has 2 aromatic carbocycles. The third-order valence-electron chi connectivity index (χ3n) is 14.4. The summed E-state index contributed by atoms with van der Waals surface area (Å²) in [5, 5.41) is 4.03. The molecule has 66 heavy (non-hydrogen) atoms. The average Bonchev–Trinajstić information content (AvgIpc) is 4.12. The summed E-state index contributed by atoms with van der Waals surface area (Å²) in [5.41, 5.74) is 8.53. The van der Waals surface area contributed by atoms with Crippen LogP contribution in [0.3, 0.4) is 0 Å². The highest BCUT2D eigenvalue weighted by Crippen LogP contribution is 2.44. The summed E-state index contributed by atoms with van der Waals surface area (Å²) in [7, 11) is 1.06. The highest BCUT2D eigenvalue weighted by Gasteiger charge is 2.40. The van der Waals surface area contributed by atoms with Crippen LogP contribution in [-0.4, -0.2) is 120 Å². The van der Waals surface area contributed by atoms with Crippen LogP contribution < -0.4 is 15.1 Å². The van der Waals surface area contributed by atoms with Crippen molar-refractivity contribution in [1.82, 2.24) is 19.8 Å². The molecule has 1 amide bonds. The second-order valence-electron chi connectivity index (χ2n) is 20.9. The molecule has 4 aromatic rings. The van der Waals surface area contributed by atoms with Gasteiger partial charge in [0.1, 0.15) is 12.6 Å². The number of aryl methyl sites for hydroxylation is 1. The molecule has 2 saturated heterocycles. The van der Waals surface area contributed by atoms with Gasteiger partial charge in [-0.05, 0) is 92.0 Å². The molecule has 360 valence electrons. The third-order valence-corrected chi connectivity index (χ3v) is 18.9. The first-order valence-corrected chi connectivity index (χ1v) is 27.1. The average molecular weight is 925 g/mol. The third kappa shape index (κ3) is 11.6. The fraction of sp³-hybridized carbons (Fsp3) is 0.596. The number of esters is 1. The predicted octanol–water partition coefficient (Wildman–Crippen LogP) is 9.37. The molecule has 13 nitrogen and oxygen atoms in total. The number of piperazine rings is 1. The quantitative estimate of drug-likeness (QED) is 0.0760. The number of rotatable bonds is 18. The van der Waals surface area contributed by atoms with Crippen LogP contribution >= 0.6 is 0 Å². The number of carbonyl (C=O) groups excluding carboxylic acids is 2. The van der Waals surface area contributed by atoms with Crippen molar-refractivity contribution in [1.29, 1.82) is 0 Å². The van der Waals surface area contributed by atoms with Crippen molar-refractivity contribution < 1.29 is 33.0 Å². The Morgan fingerprint density at radius 3 is 2.32 bits per heavy atom. The molecule has 3 fully saturated rings. The van der Waals surface area contributed by atoms with E-state index in [0.29, 0.717) is 26.3 Å². The van der Waals surface area contributed by atoms with Gasteiger partial charge >= 0.3 is 12.1 Å². The van der Waals surface area contributed by atoms with E-state index < -0.39 is 26.4 Å². The van der Waals surface area contributed by atoms with Crippen molar-refractivity contribution in [3.8, 4) is 11.3 Å². The second-order valence-corrected chi connectivity index (χ2v) is 25.7. The van der Waals surface area contributed by atoms with Gasteiger partial charge < -0.3 is 43.1 Å². The van der Waals surface area contributed by atoms with E-state index in [1.165, 1.54) is 42.1 Å². The molecule has 4 heterocycles. The number of hydrogen-bond donors (Lipinski definition) is 1. The van der Waals surface area contributed by atoms with Crippen molar-refractivity contribution in [2.24, 2.45) is 5.41 Å². The summed E-state index contributed by atoms with van der Waals surface area (Å²) in [5.74, 6) is -0.548. The molecule has 1 N–H and O–H groups in total. The number of methoxy groups -OCH3 is 2. The number of aromatic nitrogens is 2. The van der Waals surface area contributed by atoms with Crippen molar-refractivity contribution in [2.75, 3.05) is 76.5 Å². The van der Waals surface area contributed by atoms with E-state index in [9.17, 15) is 9.59 Å². The summed E-state index contributed by atoms with van der Waals surface area (Å²) < 4.78 is 32.4. The molecule has 7 rings (SSSR count). The van der Waals surface area contributed by atoms with Crippen LogP contribution in [0, 0.1) is 5.41 Å². The fourth-order valence-corrected chi connectivity index (χ4v) is 10.4. The van der Waals surface area contributed by atoms with Gasteiger partial charge in [-0.2, -0.15) is 0 Å². The zero-order valence-corrected chi connectivity index (χ0v) is 42.6. The summed E-state index contributed by atoms with van der Waals surface area (Å²) in [6.45, 7) is 27.9. The molecule has 2 aromatic heterocycles. The van der Waals surface area contributed by atoms with Gasteiger partial charge in [-0.15, -0.1) is 0 Å². The van der Waals surface area contributed by atoms with Crippen LogP contribution in [-0.2, 0) is 47.7 Å². The van der Waals surface area contributed by atoms with Gasteiger partial charge in [0.15, 0.2) is 8.32 Å². The maximum absolute atomic E-state index is 13.0. The number of anilines is 2. The molecular formula is C52H76N6O7Si. The van der Waals surface area contributed by atoms with Gasteiger partial charge in [0.2, 0.25) is 0 Å². The summed E-state index contributed by atoms with van der Waals surface area (Å²) in [4.78, 5) is 38.7. The largest absolute Gasteiger partial charge is 0.467 e. The topological polar surface area (TPSA) is 120 Å². The molecule has 1 aliphatic carbocycles. The lowest BCUT2D eigenvalue weighted by atomic mass is 9.84. The number of ether oxygens (including phenoxy) is 4. The lowest BCUT2D eigenvalue weighted by Gasteiger charge is -2.39. The maximum Gasteiger partial charge on any atom is 0.408 e. The monoisotopic (exact) mass is 925 g/mol. The van der Waals surface area contributed by atoms with Crippen LogP contribution in [0.15, 0.2) is 60.8 Å². The van der Waals surface area contributed by atoms with Crippen LogP contribution in [0.1, 0.15) is 90.7 Å². The van der Waals surface area contributed by atoms with Crippen molar-refractivity contribution in [3.05, 3.63) is 77.6 Å². The number of hydrogen-bond acceptors (Lipinski definition) is 11. The standard InChI is InChI=1S/C52H76N6O7Si/c1-12-58-46-21-20-39(57-26-27-63-41(33-57)30-45(49(59)62-9)54-50(60)64-34-37-16-14-13-15-17-37)28-42(46)44(31-52(6,7)35-65-66(10,11)51(3,4)5)48(58)43-29-40(32-53-47(43)36(2)61-8)56-24-22-55(23-25-56)38-18-19-38/h13-17,20-21,28-29,32,36,38,41,45H,12,18-19,22-27,30-31,33-35H2,1-11H3,(H,54,60)/t36-,41-,45-/m0/s1. The van der Waals surface area contributed by atoms with Crippen LogP contribution in [0.5, 0.6) is 0 Å². The van der Waals surface area contributed by atoms with E-state index in [-0.39, 0.29) is 35.7 Å². The lowest BCUT2D eigenvalue weighted by molar-refractivity contribution is -0.144. The second kappa shape index (κ2) is 20.8. The number of pyridine rings is 1. The van der Waals surface area contributed by atoms with Gasteiger partial charge in [0.05, 0.1) is 49.2 Å². The highest BCUT2D eigenvalue weighted by atomic mass is 28.4. The predicted molar refractivity (Wildman–Crippen MR) is 266 cm³/mol. The molecule has 14 heteroatoms. The molecular weight excluding hydrogens is 849 g/mol. The van der Waals surface area contributed by atoms with Crippen LogP contribution in [0.2, 0.25) is 18.1 Å². The Kier molecular flexibility index (Phi) is 15.6. The van der Waals surface area contributed by atoms with Gasteiger partial charge in [0.25, 0.3) is 0 Å². The number of carbonyl (C=O) groups is 2. The number of amides is 1. The number of fused-ring (bicyclic) bond motifs is 1. The Labute approximate surface area is 394 Å². The minimum Gasteiger partial charge on any atom is -0.467 e. The number of alkyl carbamates (subject to hydrolysis) is 1. The summed E-state index contributed by atoms with van der Waals surface area (Å²) in [6, 6.07) is 18.5. The normalized spacial score (nSPS) is 18.6. The van der Waals surface area contributed by atoms with E-state index >= 15 is 0 Å². The smallest absolute Gasteiger partial charge is 0.408 e. The van der Waals surface area contributed by atoms with E-state index in [2.05, 4.69) is 117 Å². The maximum atomic E-state index is 13.0. The Morgan fingerprint density at radius 2 is 1.67 bits per heavy atom. The number of nitrogens with one attached hydrogen (secondary N) is 1. The van der Waals surface area contributed by atoms with E-state index in [4.69, 9.17) is 28.4 Å². The number of nitrogens with zero attached hydrogens (tertiary/aromatic N) is 5. The molecule has 2 aliphatic heterocycles. The molecule has 0 bridgehead atoms. The minimum absolute atomic E-state index is 0.0906. The number of morpholine rings is 1. The first-order chi connectivity index (χ1) is 31.4. The first-order valence-electron chi connectivity index (χ1n) is 24.1. The van der Waals surface area contributed by atoms with Crippen molar-refractivity contribution >= 4 is 42.7 Å². The van der Waals surface area contributed by atoms with Crippen LogP contribution in [0.25, 0.3) is 22.2 Å². The molecule has 0 radical (unpaired) electrons. The number of benzene rings is 2. The summed E-state index contributed by atoms with van der Waals surface area (Å²) in [6.07, 6.45) is 4.46.